The van der Waals surface area contributed by atoms with Crippen molar-refractivity contribution in [2.75, 3.05) is 13.6 Å². The third-order valence-electron chi connectivity index (χ3n) is 2.53. The van der Waals surface area contributed by atoms with E-state index in [0.29, 0.717) is 0 Å². The number of imide groups is 1. The van der Waals surface area contributed by atoms with Crippen LogP contribution in [-0.4, -0.2) is 58.1 Å². The zero-order valence-corrected chi connectivity index (χ0v) is 9.06. The minimum Gasteiger partial charge on any atom is -0.479 e. The lowest BCUT2D eigenvalue weighted by molar-refractivity contribution is -0.156. The molecule has 16 heavy (non-hydrogen) atoms. The molecule has 0 aromatic carbocycles. The number of aliphatic carboxylic acids is 1. The number of carboxylic acids is 1. The van der Waals surface area contributed by atoms with Crippen molar-refractivity contribution in [3.05, 3.63) is 0 Å². The molecule has 0 bridgehead atoms. The molecular weight excluding hydrogens is 216 g/mol. The monoisotopic (exact) mass is 230 g/mol. The van der Waals surface area contributed by atoms with Gasteiger partial charge < -0.3 is 15.5 Å². The number of likely N-dealkylation sites (tertiary alicyclic amines) is 1. The van der Waals surface area contributed by atoms with Crippen LogP contribution in [0.1, 0.15) is 13.3 Å². The molecule has 7 heteroatoms. The average Bonchev–Trinajstić information content (AvgIpc) is 2.43. The summed E-state index contributed by atoms with van der Waals surface area (Å²) in [6, 6.07) is -0.747. The van der Waals surface area contributed by atoms with Gasteiger partial charge in [-0.05, 0) is 6.92 Å². The second-order valence-corrected chi connectivity index (χ2v) is 4.01. The lowest BCUT2D eigenvalue weighted by Crippen LogP contribution is -2.49. The summed E-state index contributed by atoms with van der Waals surface area (Å²) in [6.45, 7) is 0.827. The van der Waals surface area contributed by atoms with Crippen LogP contribution >= 0.6 is 0 Å². The highest BCUT2D eigenvalue weighted by Crippen LogP contribution is 2.11. The van der Waals surface area contributed by atoms with Crippen molar-refractivity contribution in [3.8, 4) is 0 Å². The highest BCUT2D eigenvalue weighted by Gasteiger charge is 2.38. The zero-order valence-electron chi connectivity index (χ0n) is 9.06. The maximum Gasteiger partial charge on any atom is 0.336 e. The van der Waals surface area contributed by atoms with Crippen molar-refractivity contribution in [1.29, 1.82) is 0 Å². The molecule has 3 N–H and O–H groups in total. The first kappa shape index (κ1) is 12.6. The largest absolute Gasteiger partial charge is 0.479 e. The Morgan fingerprint density at radius 1 is 1.62 bits per heavy atom. The zero-order chi connectivity index (χ0) is 12.5. The molecule has 1 aliphatic rings. The van der Waals surface area contributed by atoms with Gasteiger partial charge in [-0.15, -0.1) is 0 Å². The van der Waals surface area contributed by atoms with Crippen molar-refractivity contribution in [2.24, 2.45) is 0 Å². The molecule has 90 valence electrons. The van der Waals surface area contributed by atoms with Crippen LogP contribution in [0, 0.1) is 0 Å². The van der Waals surface area contributed by atoms with Crippen molar-refractivity contribution < 1.29 is 24.6 Å². The smallest absolute Gasteiger partial charge is 0.336 e. The van der Waals surface area contributed by atoms with Gasteiger partial charge in [0, 0.05) is 13.6 Å². The number of nitrogens with one attached hydrogen (secondary N) is 1. The predicted molar refractivity (Wildman–Crippen MR) is 52.4 cm³/mol. The van der Waals surface area contributed by atoms with Crippen LogP contribution in [0.2, 0.25) is 0 Å². The molecule has 0 aliphatic carbocycles. The summed E-state index contributed by atoms with van der Waals surface area (Å²) in [5.74, 6) is -2.12. The van der Waals surface area contributed by atoms with Gasteiger partial charge in [0.2, 0.25) is 11.8 Å². The van der Waals surface area contributed by atoms with Gasteiger partial charge in [0.25, 0.3) is 0 Å². The number of carboxylic acid groups (broad SMARTS) is 1. The van der Waals surface area contributed by atoms with Crippen molar-refractivity contribution >= 4 is 17.8 Å². The number of amides is 2. The summed E-state index contributed by atoms with van der Waals surface area (Å²) in [5.41, 5.74) is -1.95. The lowest BCUT2D eigenvalue weighted by atomic mass is 10.1. The third kappa shape index (κ3) is 2.37. The Kier molecular flexibility index (Phi) is 3.30. The van der Waals surface area contributed by atoms with Crippen LogP contribution in [0.4, 0.5) is 0 Å². The number of hydrogen-bond acceptors (Lipinski definition) is 5. The molecule has 2 atom stereocenters. The van der Waals surface area contributed by atoms with E-state index in [4.69, 9.17) is 5.11 Å². The van der Waals surface area contributed by atoms with Gasteiger partial charge in [-0.3, -0.25) is 14.5 Å². The summed E-state index contributed by atoms with van der Waals surface area (Å²) >= 11 is 0. The maximum atomic E-state index is 11.4. The van der Waals surface area contributed by atoms with E-state index in [0.717, 1.165) is 11.8 Å². The highest BCUT2D eigenvalue weighted by molar-refractivity contribution is 6.05. The Bertz CT molecular complexity index is 339. The fourth-order valence-corrected chi connectivity index (χ4v) is 1.31. The third-order valence-corrected chi connectivity index (χ3v) is 2.53. The van der Waals surface area contributed by atoms with Crippen molar-refractivity contribution in [2.45, 2.75) is 25.0 Å². The number of aliphatic hydroxyl groups is 1. The summed E-state index contributed by atoms with van der Waals surface area (Å²) in [5, 5.41) is 20.6. The Labute approximate surface area is 92.0 Å². The van der Waals surface area contributed by atoms with E-state index >= 15 is 0 Å². The quantitative estimate of drug-likeness (QED) is 0.490. The topological polar surface area (TPSA) is 107 Å². The Hall–Kier alpha value is -1.47. The fraction of sp³-hybridized carbons (Fsp3) is 0.667. The van der Waals surface area contributed by atoms with E-state index in [1.807, 2.05) is 0 Å². The van der Waals surface area contributed by atoms with E-state index in [1.165, 1.54) is 7.05 Å². The van der Waals surface area contributed by atoms with Crippen molar-refractivity contribution in [3.63, 3.8) is 0 Å². The first-order valence-electron chi connectivity index (χ1n) is 4.75. The Balaban J connectivity index is 2.55. The average molecular weight is 230 g/mol. The number of nitrogens with zero attached hydrogens (tertiary/aromatic N) is 1. The number of carbonyl (C=O) groups is 3. The summed E-state index contributed by atoms with van der Waals surface area (Å²) < 4.78 is 0. The van der Waals surface area contributed by atoms with E-state index in [1.54, 1.807) is 0 Å². The molecule has 2 amide bonds. The van der Waals surface area contributed by atoms with Crippen LogP contribution in [0.25, 0.3) is 0 Å². The second kappa shape index (κ2) is 4.18. The van der Waals surface area contributed by atoms with Crippen LogP contribution in [0.5, 0.6) is 0 Å². The first-order chi connectivity index (χ1) is 7.25. The van der Waals surface area contributed by atoms with E-state index in [-0.39, 0.29) is 18.9 Å². The molecule has 1 rings (SSSR count). The van der Waals surface area contributed by atoms with Gasteiger partial charge in [-0.2, -0.15) is 0 Å². The molecule has 2 unspecified atom stereocenters. The van der Waals surface area contributed by atoms with Gasteiger partial charge in [-0.25, -0.2) is 4.79 Å². The molecule has 1 aliphatic heterocycles. The molecule has 0 aromatic heterocycles. The maximum absolute atomic E-state index is 11.4. The number of hydrogen-bond donors (Lipinski definition) is 3. The number of carbonyl (C=O) groups excluding carboxylic acids is 2. The predicted octanol–water partition coefficient (Wildman–Crippen LogP) is -1.83. The molecule has 1 saturated heterocycles. The molecular formula is C9H14N2O5. The van der Waals surface area contributed by atoms with Gasteiger partial charge in [-0.1, -0.05) is 0 Å². The lowest BCUT2D eigenvalue weighted by Gasteiger charge is -2.20. The Morgan fingerprint density at radius 3 is 2.56 bits per heavy atom. The molecule has 1 fully saturated rings. The summed E-state index contributed by atoms with van der Waals surface area (Å²) in [4.78, 5) is 34.1. The van der Waals surface area contributed by atoms with Gasteiger partial charge in [0.05, 0.1) is 12.5 Å². The standard InChI is InChI=1S/C9H14N2O5/c1-9(16,8(14)15)4-10-5-3-6(12)11(2)7(5)13/h5,10,16H,3-4H2,1-2H3,(H,14,15). The molecule has 0 aromatic rings. The van der Waals surface area contributed by atoms with Crippen molar-refractivity contribution in [1.82, 2.24) is 10.2 Å². The van der Waals surface area contributed by atoms with Crippen LogP contribution < -0.4 is 5.32 Å². The minimum absolute atomic E-state index is 0.00890. The highest BCUT2D eigenvalue weighted by atomic mass is 16.4. The fourth-order valence-electron chi connectivity index (χ4n) is 1.31. The summed E-state index contributed by atoms with van der Waals surface area (Å²) in [7, 11) is 1.36. The Morgan fingerprint density at radius 2 is 2.19 bits per heavy atom. The summed E-state index contributed by atoms with van der Waals surface area (Å²) in [6.07, 6.45) is -0.00890. The molecule has 0 saturated carbocycles. The SMILES string of the molecule is CN1C(=O)CC(NCC(C)(O)C(=O)O)C1=O. The van der Waals surface area contributed by atoms with Gasteiger partial charge in [0.15, 0.2) is 5.60 Å². The molecule has 0 radical (unpaired) electrons. The normalized spacial score (nSPS) is 24.7. The van der Waals surface area contributed by atoms with Crippen LogP contribution in [-0.2, 0) is 14.4 Å². The van der Waals surface area contributed by atoms with Gasteiger partial charge >= 0.3 is 5.97 Å². The van der Waals surface area contributed by atoms with Gasteiger partial charge in [0.1, 0.15) is 0 Å². The minimum atomic E-state index is -1.95. The number of likely N-dealkylation sites (N-methyl/N-ethyl adjacent to an activating group) is 1. The van der Waals surface area contributed by atoms with E-state index in [9.17, 15) is 19.5 Å². The van der Waals surface area contributed by atoms with Crippen LogP contribution in [0.3, 0.4) is 0 Å². The van der Waals surface area contributed by atoms with Crippen LogP contribution in [0.15, 0.2) is 0 Å². The second-order valence-electron chi connectivity index (χ2n) is 4.01. The first-order valence-corrected chi connectivity index (χ1v) is 4.75. The molecule has 0 spiro atoms. The van der Waals surface area contributed by atoms with E-state index < -0.39 is 23.5 Å². The molecule has 1 heterocycles. The molecule has 7 nitrogen and oxygen atoms in total. The number of rotatable bonds is 4. The van der Waals surface area contributed by atoms with E-state index in [2.05, 4.69) is 5.32 Å².